The van der Waals surface area contributed by atoms with E-state index in [0.29, 0.717) is 12.0 Å². The maximum absolute atomic E-state index is 4.64. The van der Waals surface area contributed by atoms with Gasteiger partial charge in [0, 0.05) is 42.6 Å². The molecule has 0 aliphatic carbocycles. The molecule has 3 aromatic rings. The molecule has 0 bridgehead atoms. The highest BCUT2D eigenvalue weighted by atomic mass is 15.2. The van der Waals surface area contributed by atoms with Crippen molar-refractivity contribution in [2.75, 3.05) is 6.54 Å². The predicted molar refractivity (Wildman–Crippen MR) is 103 cm³/mol. The van der Waals surface area contributed by atoms with Crippen LogP contribution in [-0.2, 0) is 13.6 Å². The summed E-state index contributed by atoms with van der Waals surface area (Å²) in [7, 11) is 2.11. The number of aryl methyl sites for hydroxylation is 1. The largest absolute Gasteiger partial charge is 0.358 e. The zero-order valence-electron chi connectivity index (χ0n) is 15.5. The molecule has 0 spiro atoms. The van der Waals surface area contributed by atoms with Crippen LogP contribution >= 0.6 is 0 Å². The Bertz CT molecular complexity index is 858. The quantitative estimate of drug-likeness (QED) is 0.746. The van der Waals surface area contributed by atoms with Gasteiger partial charge in [0.1, 0.15) is 5.82 Å². The monoisotopic (exact) mass is 336 g/mol. The van der Waals surface area contributed by atoms with E-state index in [1.54, 1.807) is 0 Å². The number of likely N-dealkylation sites (tertiary alicyclic amines) is 1. The van der Waals surface area contributed by atoms with Gasteiger partial charge in [0.15, 0.2) is 0 Å². The Balaban J connectivity index is 1.66. The number of hydrogen-bond donors (Lipinski definition) is 1. The van der Waals surface area contributed by atoms with Gasteiger partial charge in [0.2, 0.25) is 0 Å². The summed E-state index contributed by atoms with van der Waals surface area (Å²) in [5.41, 5.74) is 4.00. The minimum Gasteiger partial charge on any atom is -0.358 e. The molecule has 1 fully saturated rings. The maximum Gasteiger partial charge on any atom is 0.125 e. The first kappa shape index (κ1) is 16.4. The molecule has 1 aliphatic heterocycles. The molecule has 1 N–H and O–H groups in total. The van der Waals surface area contributed by atoms with Gasteiger partial charge in [0.05, 0.1) is 6.04 Å². The lowest BCUT2D eigenvalue weighted by Crippen LogP contribution is -2.34. The van der Waals surface area contributed by atoms with Gasteiger partial charge in [-0.2, -0.15) is 0 Å². The van der Waals surface area contributed by atoms with Gasteiger partial charge in [-0.1, -0.05) is 32.4 Å². The summed E-state index contributed by atoms with van der Waals surface area (Å²) in [5, 5.41) is 1.37. The van der Waals surface area contributed by atoms with Gasteiger partial charge in [-0.15, -0.1) is 0 Å². The van der Waals surface area contributed by atoms with Crippen molar-refractivity contribution in [3.05, 3.63) is 53.7 Å². The van der Waals surface area contributed by atoms with Crippen LogP contribution in [0.1, 0.15) is 62.2 Å². The van der Waals surface area contributed by atoms with Crippen LogP contribution in [0.4, 0.5) is 0 Å². The summed E-state index contributed by atoms with van der Waals surface area (Å²) in [6.45, 7) is 6.62. The number of fused-ring (bicyclic) bond motifs is 1. The number of aromatic nitrogens is 3. The van der Waals surface area contributed by atoms with E-state index in [9.17, 15) is 0 Å². The SMILES string of the molecule is CC(C)c1cc2c(CN3CCCCC3c3nccn3C)cccc2[nH]1. The molecule has 2 aromatic heterocycles. The van der Waals surface area contributed by atoms with E-state index in [4.69, 9.17) is 0 Å². The van der Waals surface area contributed by atoms with E-state index < -0.39 is 0 Å². The third kappa shape index (κ3) is 3.11. The Labute approximate surface area is 149 Å². The van der Waals surface area contributed by atoms with Gasteiger partial charge in [-0.3, -0.25) is 4.90 Å². The van der Waals surface area contributed by atoms with Gasteiger partial charge in [-0.05, 0) is 43.0 Å². The van der Waals surface area contributed by atoms with Crippen LogP contribution < -0.4 is 0 Å². The molecule has 4 rings (SSSR count). The molecule has 1 aliphatic rings. The van der Waals surface area contributed by atoms with Crippen LogP contribution in [0.2, 0.25) is 0 Å². The van der Waals surface area contributed by atoms with Crippen molar-refractivity contribution >= 4 is 10.9 Å². The average Bonchev–Trinajstić information content (AvgIpc) is 3.22. The zero-order valence-corrected chi connectivity index (χ0v) is 15.5. The first-order valence-electron chi connectivity index (χ1n) is 9.45. The molecule has 0 amide bonds. The van der Waals surface area contributed by atoms with E-state index in [1.807, 2.05) is 6.20 Å². The van der Waals surface area contributed by atoms with E-state index in [0.717, 1.165) is 13.1 Å². The molecule has 0 saturated carbocycles. The predicted octanol–water partition coefficient (Wildman–Crippen LogP) is 4.75. The van der Waals surface area contributed by atoms with Crippen LogP contribution in [0, 0.1) is 0 Å². The lowest BCUT2D eigenvalue weighted by molar-refractivity contribution is 0.132. The number of nitrogens with one attached hydrogen (secondary N) is 1. The molecule has 4 nitrogen and oxygen atoms in total. The fourth-order valence-electron chi connectivity index (χ4n) is 4.08. The van der Waals surface area contributed by atoms with Crippen molar-refractivity contribution in [1.29, 1.82) is 0 Å². The number of H-pyrrole nitrogens is 1. The first-order valence-corrected chi connectivity index (χ1v) is 9.45. The topological polar surface area (TPSA) is 36.9 Å². The summed E-state index contributed by atoms with van der Waals surface area (Å²) in [6.07, 6.45) is 7.75. The summed E-state index contributed by atoms with van der Waals surface area (Å²) in [4.78, 5) is 10.8. The normalized spacial score (nSPS) is 19.1. The summed E-state index contributed by atoms with van der Waals surface area (Å²) in [6, 6.07) is 9.42. The summed E-state index contributed by atoms with van der Waals surface area (Å²) in [5.74, 6) is 1.72. The molecule has 1 unspecified atom stereocenters. The number of nitrogens with zero attached hydrogens (tertiary/aromatic N) is 3. The summed E-state index contributed by atoms with van der Waals surface area (Å²) >= 11 is 0. The second kappa shape index (κ2) is 6.68. The number of hydrogen-bond acceptors (Lipinski definition) is 2. The number of rotatable bonds is 4. The fraction of sp³-hybridized carbons (Fsp3) is 0.476. The van der Waals surface area contributed by atoms with Crippen LogP contribution in [0.5, 0.6) is 0 Å². The van der Waals surface area contributed by atoms with E-state index >= 15 is 0 Å². The van der Waals surface area contributed by atoms with Crippen molar-refractivity contribution < 1.29 is 0 Å². The highest BCUT2D eigenvalue weighted by Crippen LogP contribution is 2.33. The van der Waals surface area contributed by atoms with Gasteiger partial charge < -0.3 is 9.55 Å². The molecule has 1 aromatic carbocycles. The van der Waals surface area contributed by atoms with E-state index in [2.05, 4.69) is 70.8 Å². The lowest BCUT2D eigenvalue weighted by Gasteiger charge is -2.35. The van der Waals surface area contributed by atoms with Crippen LogP contribution in [0.25, 0.3) is 10.9 Å². The highest BCUT2D eigenvalue weighted by molar-refractivity contribution is 5.84. The standard InChI is InChI=1S/C21H28N4/c1-15(2)19-13-17-16(7-6-8-18(17)23-19)14-25-11-5-4-9-20(25)21-22-10-12-24(21)3/h6-8,10,12-13,15,20,23H,4-5,9,11,14H2,1-3H3. The molecular formula is C21H28N4. The molecule has 4 heteroatoms. The Kier molecular flexibility index (Phi) is 4.38. The van der Waals surface area contributed by atoms with Crippen molar-refractivity contribution in [2.45, 2.75) is 51.6 Å². The number of benzene rings is 1. The molecule has 25 heavy (non-hydrogen) atoms. The van der Waals surface area contributed by atoms with E-state index in [1.165, 1.54) is 47.2 Å². The Hall–Kier alpha value is -2.07. The second-order valence-electron chi connectivity index (χ2n) is 7.64. The van der Waals surface area contributed by atoms with Gasteiger partial charge in [0.25, 0.3) is 0 Å². The van der Waals surface area contributed by atoms with Crippen molar-refractivity contribution in [3.8, 4) is 0 Å². The van der Waals surface area contributed by atoms with Crippen molar-refractivity contribution in [1.82, 2.24) is 19.4 Å². The molecule has 3 heterocycles. The Morgan fingerprint density at radius 1 is 1.28 bits per heavy atom. The third-order valence-electron chi connectivity index (χ3n) is 5.54. The second-order valence-corrected chi connectivity index (χ2v) is 7.64. The van der Waals surface area contributed by atoms with Crippen molar-refractivity contribution in [2.24, 2.45) is 7.05 Å². The molecular weight excluding hydrogens is 308 g/mol. The molecule has 1 saturated heterocycles. The van der Waals surface area contributed by atoms with Crippen LogP contribution in [0.15, 0.2) is 36.7 Å². The molecule has 1 atom stereocenters. The Morgan fingerprint density at radius 2 is 2.16 bits per heavy atom. The van der Waals surface area contributed by atoms with Crippen molar-refractivity contribution in [3.63, 3.8) is 0 Å². The van der Waals surface area contributed by atoms with Gasteiger partial charge >= 0.3 is 0 Å². The number of aromatic amines is 1. The molecule has 132 valence electrons. The number of imidazole rings is 1. The van der Waals surface area contributed by atoms with E-state index in [-0.39, 0.29) is 0 Å². The average molecular weight is 336 g/mol. The highest BCUT2D eigenvalue weighted by Gasteiger charge is 2.27. The van der Waals surface area contributed by atoms with Gasteiger partial charge in [-0.25, -0.2) is 4.98 Å². The lowest BCUT2D eigenvalue weighted by atomic mass is 9.99. The maximum atomic E-state index is 4.64. The smallest absolute Gasteiger partial charge is 0.125 e. The third-order valence-corrected chi connectivity index (χ3v) is 5.54. The summed E-state index contributed by atoms with van der Waals surface area (Å²) < 4.78 is 2.18. The minimum absolute atomic E-state index is 0.424. The Morgan fingerprint density at radius 3 is 2.92 bits per heavy atom. The minimum atomic E-state index is 0.424. The first-order chi connectivity index (χ1) is 12.1. The zero-order chi connectivity index (χ0) is 17.4. The van der Waals surface area contributed by atoms with Crippen LogP contribution in [-0.4, -0.2) is 26.0 Å². The molecule has 0 radical (unpaired) electrons. The van der Waals surface area contributed by atoms with Crippen LogP contribution in [0.3, 0.4) is 0 Å². The fourth-order valence-corrected chi connectivity index (χ4v) is 4.08. The number of piperidine rings is 1.